The minimum atomic E-state index is -3.49. The second-order valence-corrected chi connectivity index (χ2v) is 8.00. The van der Waals surface area contributed by atoms with Crippen molar-refractivity contribution in [2.75, 3.05) is 18.4 Å². The molecule has 1 heterocycles. The van der Waals surface area contributed by atoms with Gasteiger partial charge in [0.2, 0.25) is 15.9 Å². The Morgan fingerprint density at radius 3 is 2.57 bits per heavy atom. The molecule has 6 heteroatoms. The molecule has 0 radical (unpaired) electrons. The van der Waals surface area contributed by atoms with Crippen molar-refractivity contribution in [2.24, 2.45) is 0 Å². The van der Waals surface area contributed by atoms with Gasteiger partial charge in [-0.1, -0.05) is 25.8 Å². The van der Waals surface area contributed by atoms with Crippen molar-refractivity contribution in [3.05, 3.63) is 23.8 Å². The van der Waals surface area contributed by atoms with Crippen molar-refractivity contribution < 1.29 is 13.2 Å². The van der Waals surface area contributed by atoms with Crippen molar-refractivity contribution in [2.45, 2.75) is 57.3 Å². The summed E-state index contributed by atoms with van der Waals surface area (Å²) in [4.78, 5) is 12.1. The number of hydrogen-bond acceptors (Lipinski definition) is 3. The summed E-state index contributed by atoms with van der Waals surface area (Å²) in [6.07, 6.45) is 5.14. The van der Waals surface area contributed by atoms with E-state index in [9.17, 15) is 13.2 Å². The lowest BCUT2D eigenvalue weighted by Gasteiger charge is -2.26. The van der Waals surface area contributed by atoms with Crippen LogP contribution in [0.1, 0.15) is 51.0 Å². The number of anilines is 1. The molecule has 1 aliphatic heterocycles. The number of carbonyl (C=O) groups is 1. The first-order valence-electron chi connectivity index (χ1n) is 8.36. The maximum atomic E-state index is 12.8. The van der Waals surface area contributed by atoms with E-state index in [0.717, 1.165) is 32.1 Å². The third-order valence-electron chi connectivity index (χ3n) is 4.16. The van der Waals surface area contributed by atoms with E-state index in [2.05, 4.69) is 5.32 Å². The van der Waals surface area contributed by atoms with E-state index in [-0.39, 0.29) is 5.91 Å². The quantitative estimate of drug-likeness (QED) is 0.865. The molecule has 1 aromatic carbocycles. The maximum Gasteiger partial charge on any atom is 0.243 e. The van der Waals surface area contributed by atoms with Crippen LogP contribution in [0.3, 0.4) is 0 Å². The summed E-state index contributed by atoms with van der Waals surface area (Å²) in [7, 11) is -3.49. The average Bonchev–Trinajstić information content (AvgIpc) is 2.55. The monoisotopic (exact) mass is 338 g/mol. The second-order valence-electron chi connectivity index (χ2n) is 6.10. The number of piperidine rings is 1. The minimum Gasteiger partial charge on any atom is -0.326 e. The lowest BCUT2D eigenvalue weighted by Crippen LogP contribution is -2.36. The molecule has 0 atom stereocenters. The van der Waals surface area contributed by atoms with Gasteiger partial charge in [-0.2, -0.15) is 4.31 Å². The molecule has 0 spiro atoms. The van der Waals surface area contributed by atoms with E-state index in [1.165, 1.54) is 0 Å². The van der Waals surface area contributed by atoms with Crippen LogP contribution >= 0.6 is 0 Å². The number of amides is 1. The highest BCUT2D eigenvalue weighted by molar-refractivity contribution is 7.89. The molecular formula is C17H26N2O3S. The molecule has 128 valence electrons. The van der Waals surface area contributed by atoms with E-state index < -0.39 is 10.0 Å². The van der Waals surface area contributed by atoms with Crippen molar-refractivity contribution in [3.63, 3.8) is 0 Å². The zero-order chi connectivity index (χ0) is 16.9. The highest BCUT2D eigenvalue weighted by atomic mass is 32.2. The van der Waals surface area contributed by atoms with E-state index in [0.29, 0.717) is 35.7 Å². The number of aryl methyl sites for hydroxylation is 1. The molecule has 1 aromatic rings. The Bertz CT molecular complexity index is 650. The van der Waals surface area contributed by atoms with Gasteiger partial charge < -0.3 is 5.32 Å². The first-order chi connectivity index (χ1) is 10.9. The van der Waals surface area contributed by atoms with Crippen LogP contribution < -0.4 is 5.32 Å². The fraction of sp³-hybridized carbons (Fsp3) is 0.588. The first-order valence-corrected chi connectivity index (χ1v) is 9.80. The van der Waals surface area contributed by atoms with E-state index in [4.69, 9.17) is 0 Å². The van der Waals surface area contributed by atoms with Gasteiger partial charge in [-0.05, 0) is 43.9 Å². The number of hydrogen-bond donors (Lipinski definition) is 1. The Morgan fingerprint density at radius 1 is 1.22 bits per heavy atom. The number of unbranched alkanes of at least 4 members (excludes halogenated alkanes) is 1. The second kappa shape index (κ2) is 7.93. The van der Waals surface area contributed by atoms with Crippen LogP contribution in [-0.2, 0) is 14.8 Å². The Kier molecular flexibility index (Phi) is 6.18. The molecule has 2 rings (SSSR count). The van der Waals surface area contributed by atoms with Crippen molar-refractivity contribution in [3.8, 4) is 0 Å². The van der Waals surface area contributed by atoms with Gasteiger partial charge in [0.1, 0.15) is 0 Å². The number of benzene rings is 1. The molecule has 1 saturated heterocycles. The van der Waals surface area contributed by atoms with Gasteiger partial charge >= 0.3 is 0 Å². The lowest BCUT2D eigenvalue weighted by molar-refractivity contribution is -0.116. The van der Waals surface area contributed by atoms with Gasteiger partial charge in [-0.25, -0.2) is 8.42 Å². The minimum absolute atomic E-state index is 0.0722. The highest BCUT2D eigenvalue weighted by Crippen LogP contribution is 2.26. The molecule has 0 aromatic heterocycles. The van der Waals surface area contributed by atoms with Crippen LogP contribution in [0.5, 0.6) is 0 Å². The molecule has 5 nitrogen and oxygen atoms in total. The molecule has 1 N–H and O–H groups in total. The zero-order valence-electron chi connectivity index (χ0n) is 14.0. The average molecular weight is 338 g/mol. The van der Waals surface area contributed by atoms with Gasteiger partial charge in [0, 0.05) is 25.2 Å². The summed E-state index contributed by atoms with van der Waals surface area (Å²) in [6.45, 7) is 4.98. The number of nitrogens with zero attached hydrogens (tertiary/aromatic N) is 1. The van der Waals surface area contributed by atoms with Crippen molar-refractivity contribution in [1.82, 2.24) is 4.31 Å². The lowest BCUT2D eigenvalue weighted by atomic mass is 10.2. The van der Waals surface area contributed by atoms with Crippen molar-refractivity contribution >= 4 is 21.6 Å². The summed E-state index contributed by atoms with van der Waals surface area (Å²) in [5.41, 5.74) is 1.26. The van der Waals surface area contributed by atoms with Crippen LogP contribution in [0.2, 0.25) is 0 Å². The largest absolute Gasteiger partial charge is 0.326 e. The molecule has 0 aliphatic carbocycles. The molecule has 0 saturated carbocycles. The summed E-state index contributed by atoms with van der Waals surface area (Å²) in [5.74, 6) is -0.0722. The zero-order valence-corrected chi connectivity index (χ0v) is 14.8. The highest BCUT2D eigenvalue weighted by Gasteiger charge is 2.27. The van der Waals surface area contributed by atoms with Gasteiger partial charge in [-0.15, -0.1) is 0 Å². The predicted octanol–water partition coefficient (Wildman–Crippen LogP) is 3.30. The Labute approximate surface area is 139 Å². The molecular weight excluding hydrogens is 312 g/mol. The fourth-order valence-corrected chi connectivity index (χ4v) is 4.53. The maximum absolute atomic E-state index is 12.8. The van der Waals surface area contributed by atoms with E-state index in [1.807, 2.05) is 6.92 Å². The smallest absolute Gasteiger partial charge is 0.243 e. The molecule has 0 unspecified atom stereocenters. The number of sulfonamides is 1. The Morgan fingerprint density at radius 2 is 1.91 bits per heavy atom. The number of rotatable bonds is 6. The summed E-state index contributed by atoms with van der Waals surface area (Å²) in [6, 6.07) is 5.10. The fourth-order valence-electron chi connectivity index (χ4n) is 2.76. The van der Waals surface area contributed by atoms with Gasteiger partial charge in [0.05, 0.1) is 4.90 Å². The standard InChI is InChI=1S/C17H26N2O3S/c1-3-4-8-17(20)18-15-10-9-14(2)16(13-15)23(21,22)19-11-6-5-7-12-19/h9-10,13H,3-8,11-12H2,1-2H3,(H,18,20). The summed E-state index contributed by atoms with van der Waals surface area (Å²) in [5, 5.41) is 2.80. The third-order valence-corrected chi connectivity index (χ3v) is 6.20. The van der Waals surface area contributed by atoms with Gasteiger partial charge in [0.15, 0.2) is 0 Å². The Balaban J connectivity index is 2.21. The van der Waals surface area contributed by atoms with Crippen LogP contribution in [0.4, 0.5) is 5.69 Å². The number of nitrogens with one attached hydrogen (secondary N) is 1. The first kappa shape index (κ1) is 17.9. The number of carbonyl (C=O) groups excluding carboxylic acids is 1. The molecule has 23 heavy (non-hydrogen) atoms. The molecule has 1 aliphatic rings. The SMILES string of the molecule is CCCCC(=O)Nc1ccc(C)c(S(=O)(=O)N2CCCCC2)c1. The van der Waals surface area contributed by atoms with E-state index >= 15 is 0 Å². The van der Waals surface area contributed by atoms with Crippen LogP contribution in [-0.4, -0.2) is 31.7 Å². The normalized spacial score (nSPS) is 16.3. The molecule has 1 amide bonds. The van der Waals surface area contributed by atoms with Crippen molar-refractivity contribution in [1.29, 1.82) is 0 Å². The summed E-state index contributed by atoms with van der Waals surface area (Å²) < 4.78 is 27.2. The van der Waals surface area contributed by atoms with Crippen LogP contribution in [0.15, 0.2) is 23.1 Å². The third kappa shape index (κ3) is 4.54. The van der Waals surface area contributed by atoms with Crippen LogP contribution in [0.25, 0.3) is 0 Å². The van der Waals surface area contributed by atoms with Gasteiger partial charge in [0.25, 0.3) is 0 Å². The molecule has 0 bridgehead atoms. The van der Waals surface area contributed by atoms with E-state index in [1.54, 1.807) is 29.4 Å². The van der Waals surface area contributed by atoms with Gasteiger partial charge in [-0.3, -0.25) is 4.79 Å². The predicted molar refractivity (Wildman–Crippen MR) is 91.9 cm³/mol. The topological polar surface area (TPSA) is 66.5 Å². The summed E-state index contributed by atoms with van der Waals surface area (Å²) >= 11 is 0. The Hall–Kier alpha value is -1.40. The van der Waals surface area contributed by atoms with Crippen LogP contribution in [0, 0.1) is 6.92 Å². The molecule has 1 fully saturated rings.